The highest BCUT2D eigenvalue weighted by atomic mass is 32.1. The van der Waals surface area contributed by atoms with E-state index in [1.54, 1.807) is 0 Å². The summed E-state index contributed by atoms with van der Waals surface area (Å²) in [5.41, 5.74) is 0.857. The minimum absolute atomic E-state index is 0.145. The van der Waals surface area contributed by atoms with Crippen LogP contribution in [0, 0.1) is 0 Å². The Kier molecular flexibility index (Phi) is 12.1. The van der Waals surface area contributed by atoms with E-state index in [1.807, 2.05) is 30.3 Å². The van der Waals surface area contributed by atoms with E-state index in [-0.39, 0.29) is 31.0 Å². The maximum atomic E-state index is 11.7. The number of hydrogen-bond acceptors (Lipinski definition) is 6. The van der Waals surface area contributed by atoms with Crippen LogP contribution in [0.15, 0.2) is 30.3 Å². The second-order valence-corrected chi connectivity index (χ2v) is 7.22. The molecule has 0 unspecified atom stereocenters. The number of nitrogens with one attached hydrogen (secondary N) is 3. The Labute approximate surface area is 190 Å². The van der Waals surface area contributed by atoms with Gasteiger partial charge in [-0.1, -0.05) is 30.3 Å². The smallest absolute Gasteiger partial charge is 0.407 e. The number of benzene rings is 1. The third kappa shape index (κ3) is 11.7. The highest BCUT2D eigenvalue weighted by Gasteiger charge is 2.23. The molecule has 0 heterocycles. The van der Waals surface area contributed by atoms with Gasteiger partial charge in [-0.05, 0) is 43.5 Å². The van der Waals surface area contributed by atoms with Crippen LogP contribution in [0.2, 0.25) is 0 Å². The Morgan fingerprint density at radius 3 is 2.06 bits per heavy atom. The van der Waals surface area contributed by atoms with Crippen molar-refractivity contribution in [2.75, 3.05) is 6.54 Å². The first kappa shape index (κ1) is 26.6. The minimum Gasteiger partial charge on any atom is -0.481 e. The Morgan fingerprint density at radius 1 is 0.906 bits per heavy atom. The largest absolute Gasteiger partial charge is 0.481 e. The van der Waals surface area contributed by atoms with Gasteiger partial charge in [0.15, 0.2) is 5.11 Å². The van der Waals surface area contributed by atoms with Gasteiger partial charge in [0.2, 0.25) is 0 Å². The molecule has 0 aromatic heterocycles. The lowest BCUT2D eigenvalue weighted by atomic mass is 10.1. The molecule has 2 atom stereocenters. The standard InChI is InChI=1S/C20H27N3O8S/c24-16(25)10-9-15(18(28)29)23-19(32)22-14(17(26)27)8-4-5-11-21-20(30)31-12-13-6-2-1-3-7-13/h1-3,6-7,14-15H,4-5,8-12H2,(H,21,30)(H,24,25)(H,26,27)(H,28,29)(H2,22,23,32)/t14-,15-/m0/s1. The maximum absolute atomic E-state index is 11.7. The van der Waals surface area contributed by atoms with Crippen LogP contribution in [-0.4, -0.2) is 63.1 Å². The quantitative estimate of drug-likeness (QED) is 0.171. The SMILES string of the molecule is O=C(O)CC[C@H](NC(=S)N[C@@H](CCCCNC(=O)OCc1ccccc1)C(=O)O)C(=O)O. The number of carboxylic acid groups (broad SMARTS) is 3. The molecule has 32 heavy (non-hydrogen) atoms. The van der Waals surface area contributed by atoms with Gasteiger partial charge in [0.05, 0.1) is 0 Å². The summed E-state index contributed by atoms with van der Waals surface area (Å²) in [7, 11) is 0. The first-order chi connectivity index (χ1) is 15.2. The lowest BCUT2D eigenvalue weighted by Gasteiger charge is -2.20. The highest BCUT2D eigenvalue weighted by Crippen LogP contribution is 2.04. The van der Waals surface area contributed by atoms with Gasteiger partial charge in [-0.3, -0.25) is 4.79 Å². The summed E-state index contributed by atoms with van der Waals surface area (Å²) in [4.78, 5) is 44.9. The van der Waals surface area contributed by atoms with Gasteiger partial charge in [-0.2, -0.15) is 0 Å². The number of aliphatic carboxylic acids is 3. The minimum atomic E-state index is -1.30. The lowest BCUT2D eigenvalue weighted by Crippen LogP contribution is -2.51. The van der Waals surface area contributed by atoms with Gasteiger partial charge >= 0.3 is 24.0 Å². The summed E-state index contributed by atoms with van der Waals surface area (Å²) in [5.74, 6) is -3.63. The number of thiocarbonyl (C=S) groups is 1. The van der Waals surface area contributed by atoms with Crippen LogP contribution in [0.25, 0.3) is 0 Å². The van der Waals surface area contributed by atoms with Crippen molar-refractivity contribution in [1.82, 2.24) is 16.0 Å². The van der Waals surface area contributed by atoms with Gasteiger partial charge in [0.25, 0.3) is 0 Å². The number of amides is 1. The van der Waals surface area contributed by atoms with Crippen LogP contribution in [0.3, 0.4) is 0 Å². The van der Waals surface area contributed by atoms with Crippen LogP contribution >= 0.6 is 12.2 Å². The zero-order valence-corrected chi connectivity index (χ0v) is 18.1. The second kappa shape index (κ2) is 14.6. The Hall–Kier alpha value is -3.41. The average Bonchev–Trinajstić information content (AvgIpc) is 2.74. The molecule has 12 heteroatoms. The van der Waals surface area contributed by atoms with Crippen molar-refractivity contribution in [1.29, 1.82) is 0 Å². The molecule has 0 radical (unpaired) electrons. The Balaban J connectivity index is 2.31. The average molecular weight is 470 g/mol. The van der Waals surface area contributed by atoms with Crippen molar-refractivity contribution in [3.63, 3.8) is 0 Å². The topological polar surface area (TPSA) is 174 Å². The molecule has 0 fully saturated rings. The van der Waals surface area contributed by atoms with E-state index in [9.17, 15) is 24.3 Å². The highest BCUT2D eigenvalue weighted by molar-refractivity contribution is 7.80. The molecule has 0 aliphatic rings. The molecular weight excluding hydrogens is 442 g/mol. The van der Waals surface area contributed by atoms with Gasteiger partial charge in [0.1, 0.15) is 18.7 Å². The van der Waals surface area contributed by atoms with Gasteiger partial charge in [-0.15, -0.1) is 0 Å². The van der Waals surface area contributed by atoms with Crippen LogP contribution in [0.5, 0.6) is 0 Å². The summed E-state index contributed by atoms with van der Waals surface area (Å²) in [6.07, 6.45) is -0.0697. The molecule has 1 aromatic carbocycles. The van der Waals surface area contributed by atoms with Crippen molar-refractivity contribution < 1.29 is 39.2 Å². The van der Waals surface area contributed by atoms with Crippen molar-refractivity contribution in [3.8, 4) is 0 Å². The number of hydrogen-bond donors (Lipinski definition) is 6. The molecule has 0 saturated heterocycles. The number of rotatable bonds is 14. The summed E-state index contributed by atoms with van der Waals surface area (Å²) in [6, 6.07) is 6.86. The van der Waals surface area contributed by atoms with E-state index in [4.69, 9.17) is 27.2 Å². The van der Waals surface area contributed by atoms with E-state index < -0.39 is 36.1 Å². The van der Waals surface area contributed by atoms with Crippen LogP contribution < -0.4 is 16.0 Å². The number of ether oxygens (including phenoxy) is 1. The molecule has 0 aliphatic heterocycles. The summed E-state index contributed by atoms with van der Waals surface area (Å²) >= 11 is 4.96. The van der Waals surface area contributed by atoms with Crippen molar-refractivity contribution >= 4 is 41.3 Å². The molecule has 1 rings (SSSR count). The molecule has 0 saturated carbocycles. The fraction of sp³-hybridized carbons (Fsp3) is 0.450. The number of carboxylic acids is 3. The molecule has 1 aromatic rings. The van der Waals surface area contributed by atoms with Crippen molar-refractivity contribution in [2.24, 2.45) is 0 Å². The molecule has 0 bridgehead atoms. The normalized spacial score (nSPS) is 12.1. The summed E-state index contributed by atoms with van der Waals surface area (Å²) in [5, 5.41) is 34.5. The first-order valence-electron chi connectivity index (χ1n) is 9.88. The van der Waals surface area contributed by atoms with Crippen molar-refractivity contribution in [2.45, 2.75) is 50.8 Å². The molecule has 0 aliphatic carbocycles. The fourth-order valence-electron chi connectivity index (χ4n) is 2.58. The first-order valence-corrected chi connectivity index (χ1v) is 10.3. The van der Waals surface area contributed by atoms with E-state index in [0.717, 1.165) is 5.56 Å². The third-order valence-electron chi connectivity index (χ3n) is 4.26. The molecule has 0 spiro atoms. The summed E-state index contributed by atoms with van der Waals surface area (Å²) < 4.78 is 5.07. The van der Waals surface area contributed by atoms with Crippen LogP contribution in [0.4, 0.5) is 4.79 Å². The maximum Gasteiger partial charge on any atom is 0.407 e. The summed E-state index contributed by atoms with van der Waals surface area (Å²) in [6.45, 7) is 0.435. The van der Waals surface area contributed by atoms with Crippen molar-refractivity contribution in [3.05, 3.63) is 35.9 Å². The molecule has 6 N–H and O–H groups in total. The van der Waals surface area contributed by atoms with E-state index in [2.05, 4.69) is 16.0 Å². The predicted octanol–water partition coefficient (Wildman–Crippen LogP) is 1.32. The molecular formula is C20H27N3O8S. The Bertz CT molecular complexity index is 790. The number of carbonyl (C=O) groups is 4. The van der Waals surface area contributed by atoms with Crippen LogP contribution in [-0.2, 0) is 25.7 Å². The number of alkyl carbamates (subject to hydrolysis) is 1. The third-order valence-corrected chi connectivity index (χ3v) is 4.49. The number of carbonyl (C=O) groups excluding carboxylic acids is 1. The van der Waals surface area contributed by atoms with Gasteiger partial charge in [-0.25, -0.2) is 14.4 Å². The number of unbranched alkanes of at least 4 members (excludes halogenated alkanes) is 1. The van der Waals surface area contributed by atoms with E-state index in [1.165, 1.54) is 0 Å². The second-order valence-electron chi connectivity index (χ2n) is 6.82. The zero-order chi connectivity index (χ0) is 23.9. The Morgan fingerprint density at radius 2 is 1.50 bits per heavy atom. The monoisotopic (exact) mass is 469 g/mol. The predicted molar refractivity (Wildman–Crippen MR) is 117 cm³/mol. The van der Waals surface area contributed by atoms with Gasteiger partial charge < -0.3 is 36.0 Å². The van der Waals surface area contributed by atoms with E-state index in [0.29, 0.717) is 19.4 Å². The molecule has 1 amide bonds. The molecule has 11 nitrogen and oxygen atoms in total. The lowest BCUT2D eigenvalue weighted by molar-refractivity contribution is -0.140. The van der Waals surface area contributed by atoms with Gasteiger partial charge in [0, 0.05) is 13.0 Å². The fourth-order valence-corrected chi connectivity index (χ4v) is 2.86. The zero-order valence-electron chi connectivity index (χ0n) is 17.3. The molecule has 176 valence electrons. The van der Waals surface area contributed by atoms with Crippen LogP contribution in [0.1, 0.15) is 37.7 Å². The van der Waals surface area contributed by atoms with E-state index >= 15 is 0 Å².